The summed E-state index contributed by atoms with van der Waals surface area (Å²) in [5.41, 5.74) is 8.07. The number of thioether (sulfide) groups is 1. The van der Waals surface area contributed by atoms with E-state index in [2.05, 4.69) is 24.9 Å². The minimum atomic E-state index is -3.87. The van der Waals surface area contributed by atoms with Crippen molar-refractivity contribution in [3.8, 4) is 11.4 Å². The zero-order chi connectivity index (χ0) is 20.8. The molecule has 0 unspecified atom stereocenters. The van der Waals surface area contributed by atoms with E-state index in [4.69, 9.17) is 28.9 Å². The molecule has 8 nitrogen and oxygen atoms in total. The van der Waals surface area contributed by atoms with E-state index in [-0.39, 0.29) is 9.27 Å². The van der Waals surface area contributed by atoms with Crippen molar-refractivity contribution in [2.75, 3.05) is 16.2 Å². The molecule has 3 aromatic rings. The van der Waals surface area contributed by atoms with Crippen molar-refractivity contribution in [1.29, 1.82) is 0 Å². The molecule has 2 aromatic heterocycles. The smallest absolute Gasteiger partial charge is 0.263 e. The lowest BCUT2D eigenvalue weighted by Gasteiger charge is -2.14. The average molecular weight is 469 g/mol. The van der Waals surface area contributed by atoms with Gasteiger partial charge in [-0.05, 0) is 37.3 Å². The zero-order valence-electron chi connectivity index (χ0n) is 14.9. The number of rotatable bonds is 4. The maximum absolute atomic E-state index is 12.6. The van der Waals surface area contributed by atoms with Gasteiger partial charge in [-0.15, -0.1) is 11.8 Å². The Kier molecular flexibility index (Phi) is 5.19. The fourth-order valence-corrected chi connectivity index (χ4v) is 5.76. The summed E-state index contributed by atoms with van der Waals surface area (Å²) < 4.78 is 28.0. The molecule has 0 radical (unpaired) electrons. The predicted octanol–water partition coefficient (Wildman–Crippen LogP) is 3.93. The molecule has 1 aromatic carbocycles. The number of nitrogens with one attached hydrogen (secondary N) is 2. The van der Waals surface area contributed by atoms with Crippen LogP contribution in [0.5, 0.6) is 0 Å². The highest BCUT2D eigenvalue weighted by molar-refractivity contribution is 8.06. The number of benzene rings is 1. The number of aromatic amines is 1. The number of halogens is 2. The Bertz CT molecular complexity index is 1280. The van der Waals surface area contributed by atoms with Crippen molar-refractivity contribution >= 4 is 67.5 Å². The number of nitrogen functional groups attached to an aromatic ring is 1. The molecule has 0 amide bonds. The normalized spacial score (nSPS) is 14.9. The Hall–Kier alpha value is -2.27. The van der Waals surface area contributed by atoms with Gasteiger partial charge in [0.2, 0.25) is 0 Å². The number of hydrogen-bond acceptors (Lipinski definition) is 7. The van der Waals surface area contributed by atoms with Gasteiger partial charge in [0.1, 0.15) is 10.7 Å². The lowest BCUT2D eigenvalue weighted by Crippen LogP contribution is -2.16. The molecule has 0 spiro atoms. The first kappa shape index (κ1) is 20.0. The summed E-state index contributed by atoms with van der Waals surface area (Å²) in [6, 6.07) is 6.65. The summed E-state index contributed by atoms with van der Waals surface area (Å²) >= 11 is 13.2. The monoisotopic (exact) mass is 468 g/mol. The van der Waals surface area contributed by atoms with Gasteiger partial charge in [-0.25, -0.2) is 18.4 Å². The number of aromatic nitrogens is 4. The number of fused-ring (bicyclic) bond motifs is 1. The Balaban J connectivity index is 1.62. The van der Waals surface area contributed by atoms with Crippen LogP contribution in [0.15, 0.2) is 44.6 Å². The summed E-state index contributed by atoms with van der Waals surface area (Å²) in [7, 11) is -3.87. The van der Waals surface area contributed by atoms with Crippen LogP contribution in [0, 0.1) is 6.92 Å². The highest BCUT2D eigenvalue weighted by atomic mass is 35.5. The van der Waals surface area contributed by atoms with E-state index in [0.29, 0.717) is 50.4 Å². The summed E-state index contributed by atoms with van der Waals surface area (Å²) in [5, 5.41) is 7.85. The van der Waals surface area contributed by atoms with Crippen molar-refractivity contribution < 1.29 is 8.42 Å². The number of anilines is 2. The van der Waals surface area contributed by atoms with Crippen LogP contribution in [0.1, 0.15) is 5.69 Å². The van der Waals surface area contributed by atoms with Gasteiger partial charge < -0.3 is 5.73 Å². The largest absolute Gasteiger partial charge is 0.383 e. The van der Waals surface area contributed by atoms with Gasteiger partial charge in [-0.1, -0.05) is 23.2 Å². The quantitative estimate of drug-likeness (QED) is 0.528. The van der Waals surface area contributed by atoms with E-state index in [0.717, 1.165) is 0 Å². The van der Waals surface area contributed by atoms with E-state index in [1.165, 1.54) is 17.8 Å². The number of hydrogen-bond donors (Lipinski definition) is 3. The molecule has 1 aliphatic heterocycles. The number of allylic oxidation sites excluding steroid dienone is 1. The van der Waals surface area contributed by atoms with Crippen LogP contribution in [0.4, 0.5) is 11.5 Å². The van der Waals surface area contributed by atoms with Crippen LogP contribution in [0.3, 0.4) is 0 Å². The number of sulfonamides is 1. The Morgan fingerprint density at radius 1 is 1.21 bits per heavy atom. The molecule has 0 atom stereocenters. The van der Waals surface area contributed by atoms with Gasteiger partial charge in [-0.2, -0.15) is 5.10 Å². The van der Waals surface area contributed by atoms with Gasteiger partial charge in [0.05, 0.1) is 15.4 Å². The first-order valence-corrected chi connectivity index (χ1v) is 11.5. The molecule has 3 heterocycles. The lowest BCUT2D eigenvalue weighted by molar-refractivity contribution is 0.607. The molecular weight excluding hydrogens is 455 g/mol. The Labute approximate surface area is 180 Å². The second kappa shape index (κ2) is 7.52. The van der Waals surface area contributed by atoms with Crippen molar-refractivity contribution in [2.45, 2.75) is 6.92 Å². The highest BCUT2D eigenvalue weighted by Crippen LogP contribution is 2.36. The molecule has 1 aliphatic rings. The summed E-state index contributed by atoms with van der Waals surface area (Å²) in [4.78, 5) is 8.81. The van der Waals surface area contributed by atoms with Crippen LogP contribution in [-0.4, -0.2) is 34.3 Å². The van der Waals surface area contributed by atoms with Crippen LogP contribution >= 0.6 is 35.0 Å². The number of aryl methyl sites for hydroxylation is 1. The first-order valence-electron chi connectivity index (χ1n) is 8.24. The summed E-state index contributed by atoms with van der Waals surface area (Å²) in [6.07, 6.45) is 1.36. The molecule has 0 aliphatic carbocycles. The first-order chi connectivity index (χ1) is 13.7. The molecule has 29 heavy (non-hydrogen) atoms. The lowest BCUT2D eigenvalue weighted by atomic mass is 10.2. The summed E-state index contributed by atoms with van der Waals surface area (Å²) in [5.74, 6) is 1.32. The molecule has 0 bridgehead atoms. The molecule has 4 N–H and O–H groups in total. The van der Waals surface area contributed by atoms with Crippen molar-refractivity contribution in [3.63, 3.8) is 0 Å². The third-order valence-electron chi connectivity index (χ3n) is 4.13. The molecule has 0 saturated carbocycles. The maximum atomic E-state index is 12.6. The molecule has 150 valence electrons. The fraction of sp³-hybridized carbons (Fsp3) is 0.118. The third kappa shape index (κ3) is 3.93. The standard InChI is InChI=1S/C17H14Cl2N6O2S2/c1-8-13-15(20)23-24-17(13)22-16(21-8)9-2-4-11(5-3-9)25-29(26,27)12-6-10(18)7-28-14(12)19/h2-6,25H,7H2,1H3,(H3,20,21,22,23,24). The minimum absolute atomic E-state index is 0.0509. The molecule has 0 saturated heterocycles. The topological polar surface area (TPSA) is 127 Å². The Morgan fingerprint density at radius 2 is 1.93 bits per heavy atom. The third-order valence-corrected chi connectivity index (χ3v) is 7.63. The predicted molar refractivity (Wildman–Crippen MR) is 118 cm³/mol. The number of nitrogens with zero attached hydrogens (tertiary/aromatic N) is 3. The molecule has 4 rings (SSSR count). The highest BCUT2D eigenvalue weighted by Gasteiger charge is 2.24. The SMILES string of the molecule is Cc1nc(-c2ccc(NS(=O)(=O)C3=C(Cl)SCC(Cl)=C3)cc2)nc2n[nH]c(N)c12. The van der Waals surface area contributed by atoms with E-state index < -0.39 is 10.0 Å². The molecule has 0 fully saturated rings. The second-order valence-electron chi connectivity index (χ2n) is 6.17. The fourth-order valence-electron chi connectivity index (χ4n) is 2.78. The number of H-pyrrole nitrogens is 1. The van der Waals surface area contributed by atoms with E-state index in [1.54, 1.807) is 24.3 Å². The van der Waals surface area contributed by atoms with Crippen LogP contribution in [-0.2, 0) is 10.0 Å². The van der Waals surface area contributed by atoms with Gasteiger partial charge in [0.25, 0.3) is 10.0 Å². The van der Waals surface area contributed by atoms with Crippen molar-refractivity contribution in [1.82, 2.24) is 20.2 Å². The van der Waals surface area contributed by atoms with Crippen LogP contribution in [0.2, 0.25) is 0 Å². The van der Waals surface area contributed by atoms with Gasteiger partial charge in [-0.3, -0.25) is 9.82 Å². The van der Waals surface area contributed by atoms with Crippen molar-refractivity contribution in [3.05, 3.63) is 50.3 Å². The molecular formula is C17H14Cl2N6O2S2. The second-order valence-corrected chi connectivity index (χ2v) is 9.89. The van der Waals surface area contributed by atoms with Crippen molar-refractivity contribution in [2.24, 2.45) is 0 Å². The van der Waals surface area contributed by atoms with Gasteiger partial charge in [0, 0.05) is 22.0 Å². The average Bonchev–Trinajstić information content (AvgIpc) is 3.05. The van der Waals surface area contributed by atoms with Crippen LogP contribution in [0.25, 0.3) is 22.4 Å². The molecule has 12 heteroatoms. The zero-order valence-corrected chi connectivity index (χ0v) is 18.0. The minimum Gasteiger partial charge on any atom is -0.383 e. The number of nitrogens with two attached hydrogens (primary N) is 1. The maximum Gasteiger partial charge on any atom is 0.263 e. The van der Waals surface area contributed by atoms with E-state index in [1.807, 2.05) is 6.92 Å². The Morgan fingerprint density at radius 3 is 2.66 bits per heavy atom. The summed E-state index contributed by atoms with van der Waals surface area (Å²) in [6.45, 7) is 1.82. The van der Waals surface area contributed by atoms with Gasteiger partial charge in [0.15, 0.2) is 11.5 Å². The van der Waals surface area contributed by atoms with E-state index in [9.17, 15) is 8.42 Å². The van der Waals surface area contributed by atoms with Crippen LogP contribution < -0.4 is 10.5 Å². The van der Waals surface area contributed by atoms with E-state index >= 15 is 0 Å². The van der Waals surface area contributed by atoms with Gasteiger partial charge >= 0.3 is 0 Å².